The number of benzene rings is 2. The van der Waals surface area contributed by atoms with Crippen LogP contribution < -0.4 is 10.5 Å². The number of rotatable bonds is 5. The van der Waals surface area contributed by atoms with Gasteiger partial charge in [0.05, 0.1) is 24.0 Å². The van der Waals surface area contributed by atoms with E-state index in [2.05, 4.69) is 0 Å². The Kier molecular flexibility index (Phi) is 5.32. The van der Waals surface area contributed by atoms with Crippen molar-refractivity contribution < 1.29 is 24.5 Å². The Labute approximate surface area is 166 Å². The number of nitrogen functional groups attached to an aromatic ring is 1. The van der Waals surface area contributed by atoms with Crippen LogP contribution in [-0.4, -0.2) is 35.0 Å². The smallest absolute Gasteiger partial charge is 0.337 e. The Morgan fingerprint density at radius 2 is 1.62 bits per heavy atom. The standard InChI is InChI=1S/C22H18N2O5/c1-29-15-6-2-12(3-7-15)20(13-4-8-18(23)16(10-13)21(25)26)14-5-9-19(24)17(11-14)22(27)28/h2-11,23H,24H2,1H3,(H,25,26)(H,27,28)/b20-13+,23-18?. The minimum Gasteiger partial charge on any atom is -0.497 e. The molecule has 0 saturated heterocycles. The number of ether oxygens (including phenoxy) is 1. The van der Waals surface area contributed by atoms with Crippen molar-refractivity contribution in [3.8, 4) is 5.75 Å². The molecule has 2 aromatic carbocycles. The first kappa shape index (κ1) is 19.6. The molecule has 0 fully saturated rings. The molecular formula is C22H18N2O5. The molecule has 0 unspecified atom stereocenters. The number of nitrogens with two attached hydrogens (primary N) is 1. The van der Waals surface area contributed by atoms with Crippen molar-refractivity contribution in [2.45, 2.75) is 0 Å². The van der Waals surface area contributed by atoms with Crippen molar-refractivity contribution in [2.24, 2.45) is 0 Å². The highest BCUT2D eigenvalue weighted by Gasteiger charge is 2.20. The third-order valence-corrected chi connectivity index (χ3v) is 4.49. The normalized spacial score (nSPS) is 14.9. The van der Waals surface area contributed by atoms with Crippen LogP contribution in [0, 0.1) is 5.41 Å². The number of allylic oxidation sites excluding steroid dienone is 4. The topological polar surface area (TPSA) is 134 Å². The monoisotopic (exact) mass is 390 g/mol. The first-order valence-electron chi connectivity index (χ1n) is 8.55. The molecular weight excluding hydrogens is 372 g/mol. The molecule has 0 aliphatic heterocycles. The molecule has 29 heavy (non-hydrogen) atoms. The van der Waals surface area contributed by atoms with Gasteiger partial charge in [0, 0.05) is 5.69 Å². The Balaban J connectivity index is 2.30. The summed E-state index contributed by atoms with van der Waals surface area (Å²) in [7, 11) is 1.55. The van der Waals surface area contributed by atoms with Crippen LogP contribution in [0.25, 0.3) is 5.57 Å². The number of carbonyl (C=O) groups is 2. The molecule has 0 spiro atoms. The number of carboxylic acids is 2. The second-order valence-electron chi connectivity index (χ2n) is 6.28. The van der Waals surface area contributed by atoms with Gasteiger partial charge in [0.2, 0.25) is 0 Å². The van der Waals surface area contributed by atoms with Crippen molar-refractivity contribution in [1.82, 2.24) is 0 Å². The Hall–Kier alpha value is -4.13. The fraction of sp³-hybridized carbons (Fsp3) is 0.0455. The van der Waals surface area contributed by atoms with Crippen LogP contribution in [0.1, 0.15) is 21.5 Å². The van der Waals surface area contributed by atoms with Gasteiger partial charge in [-0.1, -0.05) is 24.3 Å². The summed E-state index contributed by atoms with van der Waals surface area (Å²) in [6.07, 6.45) is 4.43. The van der Waals surface area contributed by atoms with Crippen LogP contribution >= 0.6 is 0 Å². The molecule has 2 aromatic rings. The lowest BCUT2D eigenvalue weighted by atomic mass is 9.88. The average molecular weight is 390 g/mol. The number of anilines is 1. The van der Waals surface area contributed by atoms with Gasteiger partial charge in [-0.05, 0) is 58.7 Å². The van der Waals surface area contributed by atoms with Gasteiger partial charge in [-0.15, -0.1) is 0 Å². The maximum absolute atomic E-state index is 11.5. The Morgan fingerprint density at radius 3 is 2.21 bits per heavy atom. The summed E-state index contributed by atoms with van der Waals surface area (Å²) in [6.45, 7) is 0. The quantitative estimate of drug-likeness (QED) is 0.578. The van der Waals surface area contributed by atoms with E-state index in [0.717, 1.165) is 5.56 Å². The molecule has 0 saturated carbocycles. The predicted octanol–water partition coefficient (Wildman–Crippen LogP) is 3.38. The van der Waals surface area contributed by atoms with Crippen LogP contribution in [0.4, 0.5) is 5.69 Å². The molecule has 0 amide bonds. The Bertz CT molecular complexity index is 1110. The van der Waals surface area contributed by atoms with Crippen molar-refractivity contribution in [2.75, 3.05) is 12.8 Å². The number of carboxylic acid groups (broad SMARTS) is 2. The number of aliphatic carboxylic acids is 1. The number of methoxy groups -OCH3 is 1. The van der Waals surface area contributed by atoms with E-state index >= 15 is 0 Å². The number of aromatic carboxylic acids is 1. The van der Waals surface area contributed by atoms with Crippen LogP contribution in [-0.2, 0) is 4.79 Å². The molecule has 7 heteroatoms. The Morgan fingerprint density at radius 1 is 0.966 bits per heavy atom. The first-order valence-corrected chi connectivity index (χ1v) is 8.55. The van der Waals surface area contributed by atoms with E-state index in [4.69, 9.17) is 15.9 Å². The van der Waals surface area contributed by atoms with Crippen LogP contribution in [0.5, 0.6) is 5.75 Å². The molecule has 0 bridgehead atoms. The summed E-state index contributed by atoms with van der Waals surface area (Å²) in [5.41, 5.74) is 8.01. The van der Waals surface area contributed by atoms with E-state index in [0.29, 0.717) is 22.5 Å². The summed E-state index contributed by atoms with van der Waals surface area (Å²) in [5.74, 6) is -1.73. The van der Waals surface area contributed by atoms with Crippen molar-refractivity contribution >= 4 is 28.9 Å². The maximum Gasteiger partial charge on any atom is 0.337 e. The molecule has 3 rings (SSSR count). The summed E-state index contributed by atoms with van der Waals surface area (Å²) in [6, 6.07) is 11.7. The molecule has 0 heterocycles. The molecule has 1 aliphatic carbocycles. The van der Waals surface area contributed by atoms with Crippen LogP contribution in [0.15, 0.2) is 71.8 Å². The molecule has 5 N–H and O–H groups in total. The minimum absolute atomic E-state index is 0.0518. The molecule has 0 radical (unpaired) electrons. The predicted molar refractivity (Wildman–Crippen MR) is 109 cm³/mol. The van der Waals surface area contributed by atoms with Gasteiger partial charge >= 0.3 is 11.9 Å². The second-order valence-corrected chi connectivity index (χ2v) is 6.28. The fourth-order valence-corrected chi connectivity index (χ4v) is 3.03. The number of hydrogen-bond donors (Lipinski definition) is 4. The van der Waals surface area contributed by atoms with Crippen LogP contribution in [0.2, 0.25) is 0 Å². The molecule has 7 nitrogen and oxygen atoms in total. The molecule has 0 aromatic heterocycles. The first-order chi connectivity index (χ1) is 13.8. The van der Waals surface area contributed by atoms with Gasteiger partial charge in [0.1, 0.15) is 5.75 Å². The van der Waals surface area contributed by atoms with E-state index in [1.54, 1.807) is 43.5 Å². The lowest BCUT2D eigenvalue weighted by molar-refractivity contribution is -0.132. The zero-order valence-corrected chi connectivity index (χ0v) is 15.5. The van der Waals surface area contributed by atoms with Crippen molar-refractivity contribution in [3.63, 3.8) is 0 Å². The summed E-state index contributed by atoms with van der Waals surface area (Å²) >= 11 is 0. The molecule has 146 valence electrons. The molecule has 0 atom stereocenters. The van der Waals surface area contributed by atoms with Gasteiger partial charge in [-0.25, -0.2) is 9.59 Å². The van der Waals surface area contributed by atoms with Gasteiger partial charge < -0.3 is 26.1 Å². The highest BCUT2D eigenvalue weighted by molar-refractivity contribution is 6.24. The lowest BCUT2D eigenvalue weighted by Gasteiger charge is -2.17. The van der Waals surface area contributed by atoms with E-state index < -0.39 is 11.9 Å². The van der Waals surface area contributed by atoms with Gasteiger partial charge in [-0.2, -0.15) is 0 Å². The zero-order chi connectivity index (χ0) is 21.1. The van der Waals surface area contributed by atoms with Crippen molar-refractivity contribution in [3.05, 3.63) is 88.5 Å². The van der Waals surface area contributed by atoms with Gasteiger partial charge in [0.15, 0.2) is 0 Å². The van der Waals surface area contributed by atoms with E-state index in [9.17, 15) is 19.8 Å². The van der Waals surface area contributed by atoms with Crippen LogP contribution in [0.3, 0.4) is 0 Å². The third kappa shape index (κ3) is 3.93. The second kappa shape index (κ2) is 7.85. The molecule has 1 aliphatic rings. The maximum atomic E-state index is 11.5. The zero-order valence-electron chi connectivity index (χ0n) is 15.5. The number of nitrogens with one attached hydrogen (secondary N) is 1. The van der Waals surface area contributed by atoms with E-state index in [1.165, 1.54) is 24.3 Å². The lowest BCUT2D eigenvalue weighted by Crippen LogP contribution is -2.12. The number of hydrogen-bond acceptors (Lipinski definition) is 5. The SMILES string of the molecule is COc1ccc(/C(=C2/C=CC(=N)C(C(=O)O)=C2)c2ccc(N)c(C(=O)O)c2)cc1. The third-order valence-electron chi connectivity index (χ3n) is 4.49. The summed E-state index contributed by atoms with van der Waals surface area (Å²) in [4.78, 5) is 23.0. The highest BCUT2D eigenvalue weighted by Crippen LogP contribution is 2.33. The van der Waals surface area contributed by atoms with Crippen molar-refractivity contribution in [1.29, 1.82) is 5.41 Å². The largest absolute Gasteiger partial charge is 0.497 e. The van der Waals surface area contributed by atoms with E-state index in [1.807, 2.05) is 0 Å². The van der Waals surface area contributed by atoms with Gasteiger partial charge in [-0.3, -0.25) is 0 Å². The average Bonchev–Trinajstić information content (AvgIpc) is 2.70. The summed E-state index contributed by atoms with van der Waals surface area (Å²) in [5, 5.41) is 26.6. The highest BCUT2D eigenvalue weighted by atomic mass is 16.5. The fourth-order valence-electron chi connectivity index (χ4n) is 3.03. The summed E-state index contributed by atoms with van der Waals surface area (Å²) < 4.78 is 5.19. The minimum atomic E-state index is -1.21. The van der Waals surface area contributed by atoms with E-state index in [-0.39, 0.29) is 22.5 Å². The van der Waals surface area contributed by atoms with Gasteiger partial charge in [0.25, 0.3) is 0 Å².